The van der Waals surface area contributed by atoms with E-state index in [0.29, 0.717) is 6.42 Å². The van der Waals surface area contributed by atoms with Gasteiger partial charge in [0.25, 0.3) is 11.9 Å². The number of carbonyl (C=O) groups excluding carboxylic acids is 1. The molecular weight excluding hydrogens is 304 g/mol. The van der Waals surface area contributed by atoms with E-state index >= 15 is 0 Å². The van der Waals surface area contributed by atoms with Crippen LogP contribution in [0.3, 0.4) is 0 Å². The van der Waals surface area contributed by atoms with Gasteiger partial charge in [0.05, 0.1) is 6.61 Å². The van der Waals surface area contributed by atoms with Crippen LogP contribution in [-0.4, -0.2) is 30.6 Å². The molecule has 0 N–H and O–H groups in total. The maximum Gasteiger partial charge on any atom is 0.329 e. The summed E-state index contributed by atoms with van der Waals surface area (Å²) in [7, 11) is 1.17. The van der Waals surface area contributed by atoms with Crippen molar-refractivity contribution in [2.75, 3.05) is 18.6 Å². The van der Waals surface area contributed by atoms with Gasteiger partial charge in [-0.25, -0.2) is 4.79 Å². The molecule has 1 aromatic rings. The Hall–Kier alpha value is -1.86. The lowest BCUT2D eigenvalue weighted by molar-refractivity contribution is -0.146. The maximum absolute atomic E-state index is 13.8. The molecule has 0 spiro atoms. The summed E-state index contributed by atoms with van der Waals surface area (Å²) in [5, 5.41) is 0. The van der Waals surface area contributed by atoms with Crippen LogP contribution in [0.1, 0.15) is 27.2 Å². The highest BCUT2D eigenvalue weighted by Gasteiger charge is 2.34. The summed E-state index contributed by atoms with van der Waals surface area (Å²) >= 11 is 0. The third-order valence-corrected chi connectivity index (χ3v) is 3.46. The van der Waals surface area contributed by atoms with Crippen LogP contribution in [-0.2, 0) is 9.53 Å². The van der Waals surface area contributed by atoms with E-state index in [4.69, 9.17) is 4.74 Å². The number of aromatic nitrogens is 1. The van der Waals surface area contributed by atoms with Crippen LogP contribution in [0.15, 0.2) is 0 Å². The third-order valence-electron chi connectivity index (χ3n) is 3.46. The van der Waals surface area contributed by atoms with Crippen molar-refractivity contribution in [2.24, 2.45) is 5.92 Å². The molecule has 0 saturated carbocycles. The van der Waals surface area contributed by atoms with Crippen LogP contribution < -0.4 is 4.90 Å². The number of esters is 1. The largest absolute Gasteiger partial charge is 0.464 e. The number of pyridine rings is 1. The molecule has 0 bridgehead atoms. The summed E-state index contributed by atoms with van der Waals surface area (Å²) in [6.07, 6.45) is 0.493. The van der Waals surface area contributed by atoms with Crippen LogP contribution in [0.4, 0.5) is 23.2 Å². The summed E-state index contributed by atoms with van der Waals surface area (Å²) in [5.74, 6) is -7.93. The first-order valence-corrected chi connectivity index (χ1v) is 6.85. The van der Waals surface area contributed by atoms with Gasteiger partial charge in [0, 0.05) is 7.05 Å². The van der Waals surface area contributed by atoms with E-state index in [9.17, 15) is 22.4 Å². The predicted molar refractivity (Wildman–Crippen MR) is 72.3 cm³/mol. The molecule has 0 aromatic carbocycles. The van der Waals surface area contributed by atoms with Gasteiger partial charge >= 0.3 is 5.97 Å². The van der Waals surface area contributed by atoms with E-state index in [1.54, 1.807) is 20.8 Å². The summed E-state index contributed by atoms with van der Waals surface area (Å²) in [6, 6.07) is -1.09. The number of hydrogen-bond acceptors (Lipinski definition) is 4. The first-order chi connectivity index (χ1) is 10.3. The van der Waals surface area contributed by atoms with Gasteiger partial charge in [0.1, 0.15) is 11.7 Å². The number of ether oxygens (including phenoxy) is 1. The van der Waals surface area contributed by atoms with Crippen LogP contribution >= 0.6 is 0 Å². The van der Waals surface area contributed by atoms with E-state index in [1.807, 2.05) is 0 Å². The molecule has 1 aromatic heterocycles. The molecule has 8 heteroatoms. The van der Waals surface area contributed by atoms with Gasteiger partial charge in [-0.1, -0.05) is 20.3 Å². The van der Waals surface area contributed by atoms with Crippen LogP contribution in [0.25, 0.3) is 0 Å². The first-order valence-electron chi connectivity index (χ1n) is 6.85. The fraction of sp³-hybridized carbons (Fsp3) is 0.571. The number of nitrogens with zero attached hydrogens (tertiary/aromatic N) is 2. The van der Waals surface area contributed by atoms with Gasteiger partial charge in [-0.05, 0) is 12.8 Å². The lowest BCUT2D eigenvalue weighted by atomic mass is 9.97. The van der Waals surface area contributed by atoms with Gasteiger partial charge in [-0.2, -0.15) is 22.5 Å². The van der Waals surface area contributed by atoms with Crippen molar-refractivity contribution in [3.05, 3.63) is 23.5 Å². The monoisotopic (exact) mass is 322 g/mol. The number of carbonyl (C=O) groups is 1. The molecule has 0 aliphatic rings. The molecule has 1 heterocycles. The van der Waals surface area contributed by atoms with Crippen molar-refractivity contribution in [3.8, 4) is 0 Å². The number of likely N-dealkylation sites (N-methyl/N-ethyl adjacent to an activating group) is 1. The van der Waals surface area contributed by atoms with Gasteiger partial charge in [0.15, 0.2) is 0 Å². The highest BCUT2D eigenvalue weighted by molar-refractivity contribution is 5.80. The van der Waals surface area contributed by atoms with E-state index in [2.05, 4.69) is 4.98 Å². The Morgan fingerprint density at radius 2 is 1.68 bits per heavy atom. The van der Waals surface area contributed by atoms with Gasteiger partial charge in [-0.3, -0.25) is 0 Å². The fourth-order valence-electron chi connectivity index (χ4n) is 2.15. The average molecular weight is 322 g/mol. The van der Waals surface area contributed by atoms with Gasteiger partial charge in [0.2, 0.25) is 11.6 Å². The molecule has 2 unspecified atom stereocenters. The lowest BCUT2D eigenvalue weighted by Crippen LogP contribution is -2.45. The standard InChI is InChI=1S/C14H18F4N2O2/c1-5-7(3)10(14(21)22-6-2)20(4)11-8(15)12(17)19-13(18)9(11)16/h7,10H,5-6H2,1-4H3. The minimum absolute atomic E-state index is 0.0731. The molecule has 0 amide bonds. The quantitative estimate of drug-likeness (QED) is 0.459. The highest BCUT2D eigenvalue weighted by Crippen LogP contribution is 2.29. The number of rotatable bonds is 6. The number of halogens is 4. The van der Waals surface area contributed by atoms with Crippen molar-refractivity contribution in [3.63, 3.8) is 0 Å². The van der Waals surface area contributed by atoms with Gasteiger partial charge < -0.3 is 9.64 Å². The van der Waals surface area contributed by atoms with Crippen LogP contribution in [0.5, 0.6) is 0 Å². The molecule has 22 heavy (non-hydrogen) atoms. The highest BCUT2D eigenvalue weighted by atomic mass is 19.2. The molecule has 4 nitrogen and oxygen atoms in total. The molecule has 0 aliphatic carbocycles. The molecule has 0 radical (unpaired) electrons. The predicted octanol–water partition coefficient (Wildman–Crippen LogP) is 3.05. The molecule has 1 rings (SSSR count). The SMILES string of the molecule is CCOC(=O)C(C(C)CC)N(C)c1c(F)c(F)nc(F)c1F. The maximum atomic E-state index is 13.8. The van der Waals surface area contributed by atoms with Crippen molar-refractivity contribution >= 4 is 11.7 Å². The van der Waals surface area contributed by atoms with E-state index < -0.39 is 41.2 Å². The normalized spacial score (nSPS) is 13.6. The second-order valence-electron chi connectivity index (χ2n) is 4.86. The van der Waals surface area contributed by atoms with E-state index in [1.165, 1.54) is 7.05 Å². The van der Waals surface area contributed by atoms with Crippen molar-refractivity contribution in [1.29, 1.82) is 0 Å². The van der Waals surface area contributed by atoms with Crippen molar-refractivity contribution in [2.45, 2.75) is 33.2 Å². The Morgan fingerprint density at radius 3 is 2.09 bits per heavy atom. The second kappa shape index (κ2) is 7.42. The summed E-state index contributed by atoms with van der Waals surface area (Å²) in [6.45, 7) is 5.09. The molecule has 124 valence electrons. The average Bonchev–Trinajstić information content (AvgIpc) is 2.45. The lowest BCUT2D eigenvalue weighted by Gasteiger charge is -2.32. The zero-order valence-electron chi connectivity index (χ0n) is 12.8. The Morgan fingerprint density at radius 1 is 1.18 bits per heavy atom. The van der Waals surface area contributed by atoms with Crippen molar-refractivity contribution < 1.29 is 27.1 Å². The first kappa shape index (κ1) is 18.2. The summed E-state index contributed by atoms with van der Waals surface area (Å²) < 4.78 is 59.0. The third kappa shape index (κ3) is 3.48. The molecule has 0 aliphatic heterocycles. The fourth-order valence-corrected chi connectivity index (χ4v) is 2.15. The minimum Gasteiger partial charge on any atom is -0.464 e. The second-order valence-corrected chi connectivity index (χ2v) is 4.86. The zero-order chi connectivity index (χ0) is 17.0. The number of anilines is 1. The van der Waals surface area contributed by atoms with E-state index in [0.717, 1.165) is 4.90 Å². The minimum atomic E-state index is -1.77. The van der Waals surface area contributed by atoms with Crippen LogP contribution in [0, 0.1) is 29.4 Å². The van der Waals surface area contributed by atoms with Crippen LogP contribution in [0.2, 0.25) is 0 Å². The summed E-state index contributed by atoms with van der Waals surface area (Å²) in [4.78, 5) is 15.4. The molecular formula is C14H18F4N2O2. The summed E-state index contributed by atoms with van der Waals surface area (Å²) in [5.41, 5.74) is -0.983. The molecule has 0 saturated heterocycles. The Labute approximate surface area is 126 Å². The molecule has 2 atom stereocenters. The van der Waals surface area contributed by atoms with E-state index in [-0.39, 0.29) is 12.5 Å². The number of hydrogen-bond donors (Lipinski definition) is 0. The smallest absolute Gasteiger partial charge is 0.329 e. The van der Waals surface area contributed by atoms with Gasteiger partial charge in [-0.15, -0.1) is 0 Å². The molecule has 0 fully saturated rings. The van der Waals surface area contributed by atoms with Crippen molar-refractivity contribution in [1.82, 2.24) is 4.98 Å². The Balaban J connectivity index is 3.36. The zero-order valence-corrected chi connectivity index (χ0v) is 12.8. The Bertz CT molecular complexity index is 528. The topological polar surface area (TPSA) is 42.4 Å². The Kier molecular flexibility index (Phi) is 6.13.